The Balaban J connectivity index is 2.92. The highest BCUT2D eigenvalue weighted by Crippen LogP contribution is 2.16. The molecule has 0 atom stereocenters. The van der Waals surface area contributed by atoms with E-state index in [1.165, 1.54) is 12.3 Å². The highest BCUT2D eigenvalue weighted by Gasteiger charge is 2.21. The Morgan fingerprint density at radius 2 is 2.06 bits per heavy atom. The standard InChI is InChI=1S/C10H17N3O2S/c1-10(2,3)7-13-16(14,15)9-8(11)5-4-6-12-9/h4-6,13H,7,11H2,1-3H3. The molecule has 0 amide bonds. The highest BCUT2D eigenvalue weighted by atomic mass is 32.2. The first-order valence-corrected chi connectivity index (χ1v) is 6.41. The minimum atomic E-state index is -3.61. The first-order valence-electron chi connectivity index (χ1n) is 4.92. The van der Waals surface area contributed by atoms with Crippen LogP contribution >= 0.6 is 0 Å². The van der Waals surface area contributed by atoms with Gasteiger partial charge < -0.3 is 5.73 Å². The van der Waals surface area contributed by atoms with E-state index < -0.39 is 10.0 Å². The Morgan fingerprint density at radius 1 is 1.44 bits per heavy atom. The number of aromatic nitrogens is 1. The van der Waals surface area contributed by atoms with Gasteiger partial charge >= 0.3 is 0 Å². The van der Waals surface area contributed by atoms with Crippen LogP contribution in [0.5, 0.6) is 0 Å². The second-order valence-electron chi connectivity index (χ2n) is 4.78. The third-order valence-corrected chi connectivity index (χ3v) is 3.22. The Kier molecular flexibility index (Phi) is 3.54. The second kappa shape index (κ2) is 4.39. The summed E-state index contributed by atoms with van der Waals surface area (Å²) in [7, 11) is -3.61. The summed E-state index contributed by atoms with van der Waals surface area (Å²) in [6.45, 7) is 6.16. The lowest BCUT2D eigenvalue weighted by Gasteiger charge is -2.18. The third-order valence-electron chi connectivity index (χ3n) is 1.85. The highest BCUT2D eigenvalue weighted by molar-refractivity contribution is 7.89. The molecular formula is C10H17N3O2S. The monoisotopic (exact) mass is 243 g/mol. The molecule has 1 aromatic rings. The van der Waals surface area contributed by atoms with Crippen LogP contribution in [0.1, 0.15) is 20.8 Å². The van der Waals surface area contributed by atoms with E-state index >= 15 is 0 Å². The molecule has 0 fully saturated rings. The maximum absolute atomic E-state index is 11.8. The summed E-state index contributed by atoms with van der Waals surface area (Å²) < 4.78 is 26.2. The summed E-state index contributed by atoms with van der Waals surface area (Å²) in [4.78, 5) is 3.78. The summed E-state index contributed by atoms with van der Waals surface area (Å²) in [5, 5.41) is -0.112. The number of sulfonamides is 1. The zero-order chi connectivity index (χ0) is 12.4. The van der Waals surface area contributed by atoms with Crippen molar-refractivity contribution in [1.82, 2.24) is 9.71 Å². The zero-order valence-electron chi connectivity index (χ0n) is 9.69. The fraction of sp³-hybridized carbons (Fsp3) is 0.500. The van der Waals surface area contributed by atoms with Gasteiger partial charge in [-0.15, -0.1) is 0 Å². The van der Waals surface area contributed by atoms with E-state index in [-0.39, 0.29) is 16.1 Å². The number of pyridine rings is 1. The van der Waals surface area contributed by atoms with Crippen LogP contribution in [0.15, 0.2) is 23.4 Å². The number of nitrogens with zero attached hydrogens (tertiary/aromatic N) is 1. The maximum atomic E-state index is 11.8. The predicted octanol–water partition coefficient (Wildman–Crippen LogP) is 0.988. The lowest BCUT2D eigenvalue weighted by atomic mass is 9.98. The van der Waals surface area contributed by atoms with Gasteiger partial charge in [-0.05, 0) is 17.5 Å². The van der Waals surface area contributed by atoms with Gasteiger partial charge in [-0.3, -0.25) is 0 Å². The van der Waals surface area contributed by atoms with E-state index in [0.29, 0.717) is 6.54 Å². The smallest absolute Gasteiger partial charge is 0.260 e. The molecule has 1 aromatic heterocycles. The van der Waals surface area contributed by atoms with Crippen LogP contribution in [-0.4, -0.2) is 19.9 Å². The fourth-order valence-corrected chi connectivity index (χ4v) is 2.35. The van der Waals surface area contributed by atoms with E-state index in [4.69, 9.17) is 5.73 Å². The van der Waals surface area contributed by atoms with Crippen molar-refractivity contribution in [2.45, 2.75) is 25.8 Å². The van der Waals surface area contributed by atoms with E-state index in [2.05, 4.69) is 9.71 Å². The largest absolute Gasteiger partial charge is 0.396 e. The third kappa shape index (κ3) is 3.46. The summed E-state index contributed by atoms with van der Waals surface area (Å²) in [6.07, 6.45) is 1.40. The summed E-state index contributed by atoms with van der Waals surface area (Å²) >= 11 is 0. The summed E-state index contributed by atoms with van der Waals surface area (Å²) in [5.41, 5.74) is 5.59. The van der Waals surface area contributed by atoms with Gasteiger partial charge in [0, 0.05) is 12.7 Å². The van der Waals surface area contributed by atoms with Crippen molar-refractivity contribution in [3.63, 3.8) is 0 Å². The predicted molar refractivity (Wildman–Crippen MR) is 63.3 cm³/mol. The van der Waals surface area contributed by atoms with Gasteiger partial charge in [0.1, 0.15) is 0 Å². The molecule has 0 bridgehead atoms. The molecule has 3 N–H and O–H groups in total. The van der Waals surface area contributed by atoms with Crippen LogP contribution in [0, 0.1) is 5.41 Å². The fourth-order valence-electron chi connectivity index (χ4n) is 1.01. The Hall–Kier alpha value is -1.14. The molecule has 16 heavy (non-hydrogen) atoms. The topological polar surface area (TPSA) is 85.1 Å². The van der Waals surface area contributed by atoms with Gasteiger partial charge in [-0.2, -0.15) is 0 Å². The number of hydrogen-bond acceptors (Lipinski definition) is 4. The van der Waals surface area contributed by atoms with Gasteiger partial charge in [0.25, 0.3) is 10.0 Å². The molecule has 0 aliphatic carbocycles. The SMILES string of the molecule is CC(C)(C)CNS(=O)(=O)c1ncccc1N. The van der Waals surface area contributed by atoms with Gasteiger partial charge in [-0.1, -0.05) is 20.8 Å². The molecule has 0 aromatic carbocycles. The average molecular weight is 243 g/mol. The normalized spacial score (nSPS) is 12.7. The molecular weight excluding hydrogens is 226 g/mol. The van der Waals surface area contributed by atoms with E-state index in [0.717, 1.165) is 0 Å². The Bertz CT molecular complexity index is 463. The minimum absolute atomic E-state index is 0.112. The van der Waals surface area contributed by atoms with Gasteiger partial charge in [0.2, 0.25) is 0 Å². The van der Waals surface area contributed by atoms with Crippen molar-refractivity contribution in [3.8, 4) is 0 Å². The number of nitrogens with one attached hydrogen (secondary N) is 1. The zero-order valence-corrected chi connectivity index (χ0v) is 10.5. The minimum Gasteiger partial charge on any atom is -0.396 e. The summed E-state index contributed by atoms with van der Waals surface area (Å²) in [5.74, 6) is 0. The van der Waals surface area contributed by atoms with Crippen LogP contribution < -0.4 is 10.5 Å². The van der Waals surface area contributed by atoms with Crippen molar-refractivity contribution >= 4 is 15.7 Å². The molecule has 0 radical (unpaired) electrons. The molecule has 1 rings (SSSR count). The van der Waals surface area contributed by atoms with Crippen molar-refractivity contribution < 1.29 is 8.42 Å². The van der Waals surface area contributed by atoms with Crippen LogP contribution in [0.25, 0.3) is 0 Å². The Labute approximate surface area is 96.1 Å². The number of anilines is 1. The van der Waals surface area contributed by atoms with E-state index in [1.807, 2.05) is 20.8 Å². The molecule has 0 spiro atoms. The molecule has 0 saturated heterocycles. The lowest BCUT2D eigenvalue weighted by Crippen LogP contribution is -2.33. The molecule has 90 valence electrons. The first kappa shape index (κ1) is 12.9. The average Bonchev–Trinajstić information content (AvgIpc) is 2.14. The van der Waals surface area contributed by atoms with Crippen LogP contribution in [-0.2, 0) is 10.0 Å². The molecule has 0 saturated carbocycles. The van der Waals surface area contributed by atoms with Crippen LogP contribution in [0.2, 0.25) is 0 Å². The maximum Gasteiger partial charge on any atom is 0.260 e. The van der Waals surface area contributed by atoms with Crippen molar-refractivity contribution in [3.05, 3.63) is 18.3 Å². The molecule has 0 aliphatic rings. The number of hydrogen-bond donors (Lipinski definition) is 2. The van der Waals surface area contributed by atoms with Gasteiger partial charge in [0.05, 0.1) is 5.69 Å². The van der Waals surface area contributed by atoms with Gasteiger partial charge in [-0.25, -0.2) is 18.1 Å². The van der Waals surface area contributed by atoms with Gasteiger partial charge in [0.15, 0.2) is 5.03 Å². The van der Waals surface area contributed by atoms with E-state index in [9.17, 15) is 8.42 Å². The van der Waals surface area contributed by atoms with E-state index in [1.54, 1.807) is 6.07 Å². The quantitative estimate of drug-likeness (QED) is 0.829. The lowest BCUT2D eigenvalue weighted by molar-refractivity contribution is 0.407. The molecule has 5 nitrogen and oxygen atoms in total. The first-order chi connectivity index (χ1) is 7.22. The van der Waals surface area contributed by atoms with Crippen molar-refractivity contribution in [2.75, 3.05) is 12.3 Å². The summed E-state index contributed by atoms with van der Waals surface area (Å²) in [6, 6.07) is 3.11. The molecule has 0 unspecified atom stereocenters. The Morgan fingerprint density at radius 3 is 2.56 bits per heavy atom. The molecule has 1 heterocycles. The molecule has 6 heteroatoms. The number of nitrogens with two attached hydrogens (primary N) is 1. The second-order valence-corrected chi connectivity index (χ2v) is 6.47. The van der Waals surface area contributed by atoms with Crippen LogP contribution in [0.4, 0.5) is 5.69 Å². The van der Waals surface area contributed by atoms with Crippen LogP contribution in [0.3, 0.4) is 0 Å². The number of rotatable bonds is 3. The van der Waals surface area contributed by atoms with Crippen molar-refractivity contribution in [1.29, 1.82) is 0 Å². The van der Waals surface area contributed by atoms with Crippen molar-refractivity contribution in [2.24, 2.45) is 5.41 Å². The molecule has 0 aliphatic heterocycles. The number of nitrogen functional groups attached to an aromatic ring is 1.